The van der Waals surface area contributed by atoms with Gasteiger partial charge in [-0.25, -0.2) is 0 Å². The molecule has 2 unspecified atom stereocenters. The maximum Gasteiger partial charge on any atom is 0.197 e. The lowest BCUT2D eigenvalue weighted by atomic mass is 9.78. The predicted octanol–water partition coefficient (Wildman–Crippen LogP) is 13.3. The quantitative estimate of drug-likeness (QED) is 0.0873. The van der Waals surface area contributed by atoms with E-state index in [1.165, 1.54) is 64.2 Å². The highest BCUT2D eigenvalue weighted by molar-refractivity contribution is 9.11. The van der Waals surface area contributed by atoms with Crippen LogP contribution in [0.2, 0.25) is 0 Å². The summed E-state index contributed by atoms with van der Waals surface area (Å²) in [6.07, 6.45) is 14.2. The molecule has 0 aliphatic carbocycles. The van der Waals surface area contributed by atoms with Gasteiger partial charge in [0, 0.05) is 5.41 Å². The average molecular weight is 856 g/mol. The van der Waals surface area contributed by atoms with Crippen LogP contribution in [0.1, 0.15) is 130 Å². The Morgan fingerprint density at radius 2 is 0.837 bits per heavy atom. The van der Waals surface area contributed by atoms with Gasteiger partial charge in [-0.3, -0.25) is 0 Å². The van der Waals surface area contributed by atoms with E-state index in [1.54, 1.807) is 0 Å². The normalized spacial score (nSPS) is 13.3. The van der Waals surface area contributed by atoms with Crippen LogP contribution in [0.5, 0.6) is 11.5 Å². The Balaban J connectivity index is 2.00. The van der Waals surface area contributed by atoms with Gasteiger partial charge >= 0.3 is 0 Å². The van der Waals surface area contributed by atoms with E-state index in [2.05, 4.69) is 116 Å². The second-order valence-electron chi connectivity index (χ2n) is 11.8. The predicted molar refractivity (Wildman–Crippen MR) is 195 cm³/mol. The topological polar surface area (TPSA) is 36.9 Å². The Kier molecular flexibility index (Phi) is 19.0. The number of rotatable bonds is 22. The van der Waals surface area contributed by atoms with Crippen LogP contribution in [0.4, 0.5) is 0 Å². The first-order chi connectivity index (χ1) is 20.5. The van der Waals surface area contributed by atoms with Crippen molar-refractivity contribution in [1.82, 2.24) is 0 Å². The highest BCUT2D eigenvalue weighted by Crippen LogP contribution is 2.44. The number of ether oxygens (including phenoxy) is 4. The van der Waals surface area contributed by atoms with Crippen molar-refractivity contribution in [2.75, 3.05) is 13.2 Å². The monoisotopic (exact) mass is 852 g/mol. The molecule has 0 aromatic heterocycles. The Bertz CT molecular complexity index is 962. The molecule has 2 rings (SSSR count). The van der Waals surface area contributed by atoms with Gasteiger partial charge in [0.25, 0.3) is 0 Å². The van der Waals surface area contributed by atoms with Crippen LogP contribution in [0.3, 0.4) is 0 Å². The lowest BCUT2D eigenvalue weighted by molar-refractivity contribution is -0.0687. The zero-order valence-corrected chi connectivity index (χ0v) is 33.4. The van der Waals surface area contributed by atoms with Gasteiger partial charge in [-0.05, 0) is 126 Å². The molecule has 0 bridgehead atoms. The summed E-state index contributed by atoms with van der Waals surface area (Å²) >= 11 is 15.0. The van der Waals surface area contributed by atoms with E-state index >= 15 is 0 Å². The maximum absolute atomic E-state index is 6.18. The summed E-state index contributed by atoms with van der Waals surface area (Å²) in [4.78, 5) is 0. The molecule has 0 radical (unpaired) electrons. The molecule has 4 nitrogen and oxygen atoms in total. The first kappa shape index (κ1) is 39.1. The van der Waals surface area contributed by atoms with E-state index in [-0.39, 0.29) is 18.0 Å². The SMILES string of the molecule is CCCCCCCCOC(C)Oc1c(Br)cc(C(C)(C)c2cc(Br)c(OC(C)OCCCCCCCC)c(Br)c2)cc1Br. The molecule has 0 fully saturated rings. The van der Waals surface area contributed by atoms with Crippen LogP contribution in [-0.2, 0) is 14.9 Å². The molecule has 0 amide bonds. The van der Waals surface area contributed by atoms with Gasteiger partial charge in [0.15, 0.2) is 24.1 Å². The molecule has 0 aliphatic rings. The molecule has 244 valence electrons. The zero-order chi connectivity index (χ0) is 31.8. The van der Waals surface area contributed by atoms with Crippen molar-refractivity contribution in [3.8, 4) is 11.5 Å². The first-order valence-corrected chi connectivity index (χ1v) is 19.2. The number of unbranched alkanes of at least 4 members (excludes halogenated alkanes) is 10. The lowest BCUT2D eigenvalue weighted by Crippen LogP contribution is -2.21. The Labute approximate surface area is 295 Å². The first-order valence-electron chi connectivity index (χ1n) is 16.1. The fourth-order valence-electron chi connectivity index (χ4n) is 4.90. The third kappa shape index (κ3) is 13.6. The molecular formula is C35H52Br4O4. The summed E-state index contributed by atoms with van der Waals surface area (Å²) in [6, 6.07) is 8.52. The van der Waals surface area contributed by atoms with Crippen molar-refractivity contribution in [3.63, 3.8) is 0 Å². The van der Waals surface area contributed by atoms with Crippen molar-refractivity contribution >= 4 is 63.7 Å². The molecule has 0 aliphatic heterocycles. The summed E-state index contributed by atoms with van der Waals surface area (Å²) in [6.45, 7) is 14.2. The minimum absolute atomic E-state index is 0.299. The third-order valence-corrected chi connectivity index (χ3v) is 10.1. The van der Waals surface area contributed by atoms with Gasteiger partial charge < -0.3 is 18.9 Å². The molecule has 0 spiro atoms. The van der Waals surface area contributed by atoms with Crippen molar-refractivity contribution in [2.24, 2.45) is 0 Å². The average Bonchev–Trinajstić information content (AvgIpc) is 2.95. The van der Waals surface area contributed by atoms with Crippen molar-refractivity contribution < 1.29 is 18.9 Å². The van der Waals surface area contributed by atoms with Gasteiger partial charge in [-0.1, -0.05) is 91.9 Å². The summed E-state index contributed by atoms with van der Waals surface area (Å²) in [5, 5.41) is 0. The molecule has 43 heavy (non-hydrogen) atoms. The van der Waals surface area contributed by atoms with E-state index in [1.807, 2.05) is 13.8 Å². The summed E-state index contributed by atoms with van der Waals surface area (Å²) in [5.74, 6) is 1.49. The van der Waals surface area contributed by atoms with Crippen LogP contribution in [-0.4, -0.2) is 25.8 Å². The largest absolute Gasteiger partial charge is 0.463 e. The molecule has 2 atom stereocenters. The Morgan fingerprint density at radius 3 is 1.16 bits per heavy atom. The van der Waals surface area contributed by atoms with Crippen LogP contribution in [0, 0.1) is 0 Å². The van der Waals surface area contributed by atoms with Crippen molar-refractivity contribution in [3.05, 3.63) is 53.3 Å². The van der Waals surface area contributed by atoms with Crippen LogP contribution >= 0.6 is 63.7 Å². The summed E-state index contributed by atoms with van der Waals surface area (Å²) < 4.78 is 27.8. The standard InChI is InChI=1S/C35H52Br4O4/c1-7-9-11-13-15-17-19-40-25(3)42-33-29(36)21-27(22-30(33)37)35(5,6)28-23-31(38)34(32(39)24-28)43-26(4)41-20-18-16-14-12-10-8-2/h21-26H,7-20H2,1-6H3. The van der Waals surface area contributed by atoms with E-state index in [9.17, 15) is 0 Å². The molecule has 0 N–H and O–H groups in total. The van der Waals surface area contributed by atoms with Gasteiger partial charge in [0.1, 0.15) is 0 Å². The van der Waals surface area contributed by atoms with Crippen molar-refractivity contribution in [2.45, 2.75) is 137 Å². The fourth-order valence-corrected chi connectivity index (χ4v) is 7.64. The highest BCUT2D eigenvalue weighted by Gasteiger charge is 2.28. The second kappa shape index (κ2) is 20.9. The smallest absolute Gasteiger partial charge is 0.197 e. The fraction of sp³-hybridized carbons (Fsp3) is 0.657. The van der Waals surface area contributed by atoms with E-state index in [4.69, 9.17) is 18.9 Å². The number of benzene rings is 2. The number of halogens is 4. The Morgan fingerprint density at radius 1 is 0.535 bits per heavy atom. The van der Waals surface area contributed by atoms with E-state index in [0.29, 0.717) is 13.2 Å². The summed E-state index contributed by atoms with van der Waals surface area (Å²) in [7, 11) is 0. The summed E-state index contributed by atoms with van der Waals surface area (Å²) in [5.41, 5.74) is 1.98. The minimum atomic E-state index is -0.335. The second-order valence-corrected chi connectivity index (χ2v) is 15.2. The Hall–Kier alpha value is -0.120. The number of hydrogen-bond donors (Lipinski definition) is 0. The van der Waals surface area contributed by atoms with Gasteiger partial charge in [0.05, 0.1) is 31.1 Å². The minimum Gasteiger partial charge on any atom is -0.463 e. The van der Waals surface area contributed by atoms with Crippen LogP contribution in [0.25, 0.3) is 0 Å². The van der Waals surface area contributed by atoms with E-state index < -0.39 is 0 Å². The van der Waals surface area contributed by atoms with Crippen LogP contribution < -0.4 is 9.47 Å². The molecule has 2 aromatic rings. The van der Waals surface area contributed by atoms with E-state index in [0.717, 1.165) is 53.4 Å². The zero-order valence-electron chi connectivity index (χ0n) is 27.0. The lowest BCUT2D eigenvalue weighted by Gasteiger charge is -2.29. The molecule has 2 aromatic carbocycles. The molecular weight excluding hydrogens is 804 g/mol. The van der Waals surface area contributed by atoms with Gasteiger partial charge in [-0.15, -0.1) is 0 Å². The number of hydrogen-bond acceptors (Lipinski definition) is 4. The van der Waals surface area contributed by atoms with Crippen LogP contribution in [0.15, 0.2) is 42.2 Å². The highest BCUT2D eigenvalue weighted by atomic mass is 79.9. The molecule has 8 heteroatoms. The van der Waals surface area contributed by atoms with Gasteiger partial charge in [-0.2, -0.15) is 0 Å². The molecule has 0 saturated heterocycles. The maximum atomic E-state index is 6.18. The molecule has 0 heterocycles. The third-order valence-electron chi connectivity index (χ3n) is 7.71. The van der Waals surface area contributed by atoms with Crippen molar-refractivity contribution in [1.29, 1.82) is 0 Å². The van der Waals surface area contributed by atoms with Gasteiger partial charge in [0.2, 0.25) is 0 Å². The molecule has 0 saturated carbocycles.